The number of piperidine rings is 1. The third-order valence-corrected chi connectivity index (χ3v) is 4.01. The maximum absolute atomic E-state index is 8.58. The molecule has 0 saturated carbocycles. The van der Waals surface area contributed by atoms with E-state index in [1.165, 1.54) is 12.8 Å². The fourth-order valence-corrected chi connectivity index (χ4v) is 2.68. The molecule has 0 aromatic carbocycles. The van der Waals surface area contributed by atoms with Gasteiger partial charge in [0.1, 0.15) is 5.84 Å². The molecule has 3 N–H and O–H groups in total. The van der Waals surface area contributed by atoms with Crippen LogP contribution in [0.2, 0.25) is 0 Å². The van der Waals surface area contributed by atoms with Crippen molar-refractivity contribution in [1.82, 2.24) is 4.90 Å². The maximum atomic E-state index is 8.58. The van der Waals surface area contributed by atoms with Crippen LogP contribution >= 0.6 is 0 Å². The first kappa shape index (κ1) is 14.3. The quantitative estimate of drug-likeness (QED) is 0.345. The van der Waals surface area contributed by atoms with E-state index in [0.717, 1.165) is 19.0 Å². The summed E-state index contributed by atoms with van der Waals surface area (Å²) in [5, 5.41) is 11.6. The summed E-state index contributed by atoms with van der Waals surface area (Å²) in [6.45, 7) is 11.4. The Morgan fingerprint density at radius 1 is 1.41 bits per heavy atom. The van der Waals surface area contributed by atoms with Gasteiger partial charge in [0.25, 0.3) is 0 Å². The lowest BCUT2D eigenvalue weighted by molar-refractivity contribution is 0.0894. The van der Waals surface area contributed by atoms with E-state index in [9.17, 15) is 0 Å². The van der Waals surface area contributed by atoms with Crippen molar-refractivity contribution in [2.75, 3.05) is 13.1 Å². The van der Waals surface area contributed by atoms with Crippen LogP contribution in [0.5, 0.6) is 0 Å². The molecule has 0 bridgehead atoms. The van der Waals surface area contributed by atoms with Crippen LogP contribution in [0.1, 0.15) is 47.0 Å². The molecular formula is C13H27N3O. The molecule has 1 aliphatic rings. The average Bonchev–Trinajstić information content (AvgIpc) is 2.27. The van der Waals surface area contributed by atoms with Crippen LogP contribution in [-0.4, -0.2) is 35.1 Å². The summed E-state index contributed by atoms with van der Waals surface area (Å²) < 4.78 is 0. The van der Waals surface area contributed by atoms with Crippen molar-refractivity contribution in [3.63, 3.8) is 0 Å². The Bertz CT molecular complexity index is 262. The van der Waals surface area contributed by atoms with E-state index in [2.05, 4.69) is 37.8 Å². The van der Waals surface area contributed by atoms with Crippen molar-refractivity contribution in [1.29, 1.82) is 0 Å². The van der Waals surface area contributed by atoms with E-state index >= 15 is 0 Å². The van der Waals surface area contributed by atoms with Gasteiger partial charge in [0, 0.05) is 12.5 Å². The van der Waals surface area contributed by atoms with E-state index in [4.69, 9.17) is 10.9 Å². The Morgan fingerprint density at radius 2 is 1.94 bits per heavy atom. The number of rotatable bonds is 3. The number of amidine groups is 1. The highest BCUT2D eigenvalue weighted by Crippen LogP contribution is 2.34. The lowest BCUT2D eigenvalue weighted by Crippen LogP contribution is -2.43. The molecule has 0 aromatic rings. The van der Waals surface area contributed by atoms with Gasteiger partial charge < -0.3 is 15.8 Å². The zero-order valence-electron chi connectivity index (χ0n) is 11.6. The van der Waals surface area contributed by atoms with Crippen molar-refractivity contribution < 1.29 is 5.21 Å². The lowest BCUT2D eigenvalue weighted by atomic mass is 9.75. The average molecular weight is 241 g/mol. The summed E-state index contributed by atoms with van der Waals surface area (Å²) in [5.41, 5.74) is 5.97. The topological polar surface area (TPSA) is 61.9 Å². The molecule has 17 heavy (non-hydrogen) atoms. The van der Waals surface area contributed by atoms with Crippen LogP contribution in [0.3, 0.4) is 0 Å². The Balaban J connectivity index is 2.41. The second kappa shape index (κ2) is 5.71. The van der Waals surface area contributed by atoms with Crippen LogP contribution in [0, 0.1) is 11.3 Å². The summed E-state index contributed by atoms with van der Waals surface area (Å²) in [4.78, 5) is 2.44. The second-order valence-corrected chi connectivity index (χ2v) is 6.32. The third-order valence-electron chi connectivity index (χ3n) is 4.01. The van der Waals surface area contributed by atoms with Crippen LogP contribution in [0.4, 0.5) is 0 Å². The monoisotopic (exact) mass is 241 g/mol. The molecule has 1 heterocycles. The number of likely N-dealkylation sites (tertiary alicyclic amines) is 1. The molecule has 1 unspecified atom stereocenters. The SMILES string of the molecule is CC(CC(N)=NO)N1CCC(C(C)(C)C)CC1. The molecule has 0 spiro atoms. The van der Waals surface area contributed by atoms with Gasteiger partial charge in [-0.25, -0.2) is 0 Å². The van der Waals surface area contributed by atoms with E-state index in [-0.39, 0.29) is 0 Å². The highest BCUT2D eigenvalue weighted by molar-refractivity contribution is 5.80. The summed E-state index contributed by atoms with van der Waals surface area (Å²) in [6, 6.07) is 0.367. The summed E-state index contributed by atoms with van der Waals surface area (Å²) >= 11 is 0. The number of nitrogens with two attached hydrogens (primary N) is 1. The largest absolute Gasteiger partial charge is 0.409 e. The standard InChI is InChI=1S/C13H27N3O/c1-10(9-12(14)15-17)16-7-5-11(6-8-16)13(2,3)4/h10-11,17H,5-9H2,1-4H3,(H2,14,15). The highest BCUT2D eigenvalue weighted by atomic mass is 16.4. The zero-order chi connectivity index (χ0) is 13.1. The minimum Gasteiger partial charge on any atom is -0.409 e. The Hall–Kier alpha value is -0.770. The molecule has 1 saturated heterocycles. The van der Waals surface area contributed by atoms with E-state index in [0.29, 0.717) is 23.7 Å². The molecule has 1 atom stereocenters. The van der Waals surface area contributed by atoms with Gasteiger partial charge >= 0.3 is 0 Å². The van der Waals surface area contributed by atoms with E-state index in [1.807, 2.05) is 0 Å². The van der Waals surface area contributed by atoms with Crippen molar-refractivity contribution in [3.05, 3.63) is 0 Å². The summed E-state index contributed by atoms with van der Waals surface area (Å²) in [6.07, 6.45) is 3.16. The minimum atomic E-state index is 0.329. The van der Waals surface area contributed by atoms with Gasteiger partial charge in [0.05, 0.1) is 0 Å². The molecule has 1 rings (SSSR count). The van der Waals surface area contributed by atoms with Crippen LogP contribution < -0.4 is 5.73 Å². The number of hydrogen-bond donors (Lipinski definition) is 2. The van der Waals surface area contributed by atoms with Crippen LogP contribution in [-0.2, 0) is 0 Å². The van der Waals surface area contributed by atoms with Crippen LogP contribution in [0.25, 0.3) is 0 Å². The maximum Gasteiger partial charge on any atom is 0.140 e. The minimum absolute atomic E-state index is 0.329. The van der Waals surface area contributed by atoms with Gasteiger partial charge in [0.15, 0.2) is 0 Å². The molecule has 4 heteroatoms. The van der Waals surface area contributed by atoms with Gasteiger partial charge in [-0.2, -0.15) is 0 Å². The molecule has 1 fully saturated rings. The van der Waals surface area contributed by atoms with E-state index in [1.54, 1.807) is 0 Å². The molecule has 0 radical (unpaired) electrons. The first-order valence-corrected chi connectivity index (χ1v) is 6.55. The van der Waals surface area contributed by atoms with Gasteiger partial charge in [-0.1, -0.05) is 25.9 Å². The first-order chi connectivity index (χ1) is 7.84. The summed E-state index contributed by atoms with van der Waals surface area (Å²) in [7, 11) is 0. The fraction of sp³-hybridized carbons (Fsp3) is 0.923. The normalized spacial score (nSPS) is 22.7. The number of hydrogen-bond acceptors (Lipinski definition) is 3. The molecule has 0 aromatic heterocycles. The fourth-order valence-electron chi connectivity index (χ4n) is 2.68. The van der Waals surface area contributed by atoms with E-state index < -0.39 is 0 Å². The second-order valence-electron chi connectivity index (χ2n) is 6.32. The molecule has 0 amide bonds. The lowest BCUT2D eigenvalue weighted by Gasteiger charge is -2.41. The number of oxime groups is 1. The van der Waals surface area contributed by atoms with Gasteiger partial charge in [-0.15, -0.1) is 0 Å². The van der Waals surface area contributed by atoms with Gasteiger partial charge in [0.2, 0.25) is 0 Å². The Kier molecular flexibility index (Phi) is 4.80. The molecule has 100 valence electrons. The van der Waals surface area contributed by atoms with Crippen molar-refractivity contribution >= 4 is 5.84 Å². The van der Waals surface area contributed by atoms with Crippen molar-refractivity contribution in [3.8, 4) is 0 Å². The molecule has 4 nitrogen and oxygen atoms in total. The molecule has 1 aliphatic heterocycles. The highest BCUT2D eigenvalue weighted by Gasteiger charge is 2.30. The third kappa shape index (κ3) is 4.19. The first-order valence-electron chi connectivity index (χ1n) is 6.55. The molecule has 0 aliphatic carbocycles. The zero-order valence-corrected chi connectivity index (χ0v) is 11.6. The summed E-state index contributed by atoms with van der Waals surface area (Å²) in [5.74, 6) is 1.14. The van der Waals surface area contributed by atoms with Crippen LogP contribution in [0.15, 0.2) is 5.16 Å². The van der Waals surface area contributed by atoms with Gasteiger partial charge in [-0.3, -0.25) is 0 Å². The predicted molar refractivity (Wildman–Crippen MR) is 71.2 cm³/mol. The predicted octanol–water partition coefficient (Wildman–Crippen LogP) is 2.27. The molecular weight excluding hydrogens is 214 g/mol. The van der Waals surface area contributed by atoms with Crippen molar-refractivity contribution in [2.24, 2.45) is 22.2 Å². The number of nitrogens with zero attached hydrogens (tertiary/aromatic N) is 2. The smallest absolute Gasteiger partial charge is 0.140 e. The Morgan fingerprint density at radius 3 is 2.35 bits per heavy atom. The van der Waals surface area contributed by atoms with Crippen molar-refractivity contribution in [2.45, 2.75) is 53.0 Å². The van der Waals surface area contributed by atoms with Gasteiger partial charge in [-0.05, 0) is 44.2 Å². The Labute approximate surface area is 105 Å².